The highest BCUT2D eigenvalue weighted by Crippen LogP contribution is 2.16. The van der Waals surface area contributed by atoms with Crippen molar-refractivity contribution < 1.29 is 13.2 Å². The lowest BCUT2D eigenvalue weighted by molar-refractivity contribution is -0.129. The first-order valence-corrected chi connectivity index (χ1v) is 9.18. The van der Waals surface area contributed by atoms with Gasteiger partial charge in [0.25, 0.3) is 0 Å². The molecule has 1 aromatic carbocycles. The molecule has 1 heterocycles. The number of carbonyl (C=O) groups is 1. The first-order valence-electron chi connectivity index (χ1n) is 7.29. The minimum absolute atomic E-state index is 0.0795. The number of likely N-dealkylation sites (N-methyl/N-ethyl adjacent to an activating group) is 1. The predicted molar refractivity (Wildman–Crippen MR) is 88.8 cm³/mol. The summed E-state index contributed by atoms with van der Waals surface area (Å²) in [6.07, 6.45) is 5.41. The van der Waals surface area contributed by atoms with Gasteiger partial charge in [-0.3, -0.25) is 9.78 Å². The molecule has 23 heavy (non-hydrogen) atoms. The van der Waals surface area contributed by atoms with Crippen LogP contribution in [0.25, 0.3) is 0 Å². The summed E-state index contributed by atoms with van der Waals surface area (Å²) in [5.41, 5.74) is 1.65. The average Bonchev–Trinajstić information content (AvgIpc) is 2.53. The Morgan fingerprint density at radius 2 is 1.78 bits per heavy atom. The molecular weight excluding hydrogens is 312 g/mol. The van der Waals surface area contributed by atoms with Crippen molar-refractivity contribution >= 4 is 15.7 Å². The van der Waals surface area contributed by atoms with E-state index in [2.05, 4.69) is 4.98 Å². The molecular formula is C17H20N2O3S. The van der Waals surface area contributed by atoms with Crippen molar-refractivity contribution in [3.05, 3.63) is 59.9 Å². The Balaban J connectivity index is 2.02. The van der Waals surface area contributed by atoms with E-state index in [1.807, 2.05) is 12.1 Å². The largest absolute Gasteiger partial charge is 0.345 e. The lowest BCUT2D eigenvalue weighted by Crippen LogP contribution is -2.30. The van der Waals surface area contributed by atoms with Crippen LogP contribution in [0.15, 0.2) is 53.7 Å². The van der Waals surface area contributed by atoms with E-state index in [4.69, 9.17) is 0 Å². The van der Waals surface area contributed by atoms with Crippen molar-refractivity contribution in [2.45, 2.75) is 17.7 Å². The topological polar surface area (TPSA) is 67.3 Å². The van der Waals surface area contributed by atoms with E-state index in [0.717, 1.165) is 18.2 Å². The molecule has 0 radical (unpaired) electrons. The number of benzene rings is 1. The molecule has 2 aromatic rings. The first kappa shape index (κ1) is 17.1. The Kier molecular flexibility index (Phi) is 5.50. The number of amides is 1. The van der Waals surface area contributed by atoms with Gasteiger partial charge in [-0.2, -0.15) is 0 Å². The Hall–Kier alpha value is -2.21. The van der Waals surface area contributed by atoms with Crippen molar-refractivity contribution in [2.24, 2.45) is 0 Å². The molecule has 0 fully saturated rings. The third-order valence-corrected chi connectivity index (χ3v) is 4.82. The molecule has 0 aliphatic rings. The van der Waals surface area contributed by atoms with Gasteiger partial charge in [-0.1, -0.05) is 18.2 Å². The summed E-state index contributed by atoms with van der Waals surface area (Å²) >= 11 is 0. The molecule has 1 amide bonds. The second kappa shape index (κ2) is 7.37. The molecule has 0 saturated carbocycles. The summed E-state index contributed by atoms with van der Waals surface area (Å²) in [4.78, 5) is 18.1. The molecule has 0 unspecified atom stereocenters. The molecule has 1 aromatic heterocycles. The summed E-state index contributed by atoms with van der Waals surface area (Å²) < 4.78 is 23.6. The van der Waals surface area contributed by atoms with Gasteiger partial charge in [0, 0.05) is 32.2 Å². The fraction of sp³-hybridized carbons (Fsp3) is 0.294. The van der Waals surface area contributed by atoms with E-state index < -0.39 is 9.84 Å². The highest BCUT2D eigenvalue weighted by molar-refractivity contribution is 7.90. The fourth-order valence-electron chi connectivity index (χ4n) is 2.28. The quantitative estimate of drug-likeness (QED) is 0.808. The van der Waals surface area contributed by atoms with Crippen molar-refractivity contribution in [1.29, 1.82) is 0 Å². The van der Waals surface area contributed by atoms with Crippen LogP contribution in [-0.2, 0) is 27.5 Å². The van der Waals surface area contributed by atoms with Gasteiger partial charge in [0.2, 0.25) is 5.91 Å². The van der Waals surface area contributed by atoms with Crippen molar-refractivity contribution in [2.75, 3.05) is 19.8 Å². The van der Waals surface area contributed by atoms with Gasteiger partial charge >= 0.3 is 0 Å². The minimum atomic E-state index is -3.34. The van der Waals surface area contributed by atoms with Gasteiger partial charge in [-0.15, -0.1) is 0 Å². The van der Waals surface area contributed by atoms with E-state index >= 15 is 0 Å². The second-order valence-corrected chi connectivity index (χ2v) is 7.46. The van der Waals surface area contributed by atoms with E-state index in [-0.39, 0.29) is 17.2 Å². The number of nitrogens with zero attached hydrogens (tertiary/aromatic N) is 2. The Bertz CT molecular complexity index is 773. The molecule has 0 N–H and O–H groups in total. The van der Waals surface area contributed by atoms with E-state index in [0.29, 0.717) is 12.1 Å². The molecule has 0 aliphatic heterocycles. The van der Waals surface area contributed by atoms with Crippen LogP contribution in [0.2, 0.25) is 0 Å². The van der Waals surface area contributed by atoms with E-state index in [1.54, 1.807) is 42.5 Å². The third kappa shape index (κ3) is 4.89. The zero-order valence-electron chi connectivity index (χ0n) is 13.3. The van der Waals surface area contributed by atoms with Crippen LogP contribution in [0.5, 0.6) is 0 Å². The van der Waals surface area contributed by atoms with Crippen molar-refractivity contribution in [3.8, 4) is 0 Å². The summed E-state index contributed by atoms with van der Waals surface area (Å²) in [5.74, 6) is -0.102. The average molecular weight is 332 g/mol. The Morgan fingerprint density at radius 3 is 2.43 bits per heavy atom. The maximum atomic E-state index is 12.3. The molecule has 6 heteroatoms. The lowest BCUT2D eigenvalue weighted by Gasteiger charge is -2.18. The van der Waals surface area contributed by atoms with Gasteiger partial charge in [0.05, 0.1) is 11.3 Å². The standard InChI is InChI=1S/C17H20N2O3S/c1-19(12-9-14-7-10-18-11-8-14)17(20)13-15-5-3-4-6-16(15)23(2,21)22/h3-8,10-11H,9,12-13H2,1-2H3. The zero-order valence-corrected chi connectivity index (χ0v) is 14.1. The van der Waals surface area contributed by atoms with Crippen molar-refractivity contribution in [3.63, 3.8) is 0 Å². The van der Waals surface area contributed by atoms with E-state index in [1.165, 1.54) is 6.07 Å². The van der Waals surface area contributed by atoms with Gasteiger partial charge in [0.15, 0.2) is 9.84 Å². The fourth-order valence-corrected chi connectivity index (χ4v) is 3.22. The van der Waals surface area contributed by atoms with Crippen molar-refractivity contribution in [1.82, 2.24) is 9.88 Å². The molecule has 0 bridgehead atoms. The second-order valence-electron chi connectivity index (χ2n) is 5.48. The molecule has 122 valence electrons. The van der Waals surface area contributed by atoms with E-state index in [9.17, 15) is 13.2 Å². The molecule has 0 atom stereocenters. The molecule has 2 rings (SSSR count). The number of hydrogen-bond donors (Lipinski definition) is 0. The summed E-state index contributed by atoms with van der Waals surface area (Å²) in [7, 11) is -1.61. The SMILES string of the molecule is CN(CCc1ccncc1)C(=O)Cc1ccccc1S(C)(=O)=O. The molecule has 0 saturated heterocycles. The number of rotatable bonds is 6. The smallest absolute Gasteiger partial charge is 0.226 e. The number of carbonyl (C=O) groups excluding carboxylic acids is 1. The summed E-state index contributed by atoms with van der Waals surface area (Å²) in [6, 6.07) is 10.5. The normalized spacial score (nSPS) is 11.2. The Morgan fingerprint density at radius 1 is 1.13 bits per heavy atom. The summed E-state index contributed by atoms with van der Waals surface area (Å²) in [6.45, 7) is 0.573. The number of pyridine rings is 1. The van der Waals surface area contributed by atoms with Gasteiger partial charge in [-0.05, 0) is 35.7 Å². The van der Waals surface area contributed by atoms with Crippen LogP contribution in [0.1, 0.15) is 11.1 Å². The molecule has 0 spiro atoms. The summed E-state index contributed by atoms with van der Waals surface area (Å²) in [5, 5.41) is 0. The highest BCUT2D eigenvalue weighted by Gasteiger charge is 2.17. The first-order chi connectivity index (χ1) is 10.9. The van der Waals surface area contributed by atoms with Gasteiger partial charge in [-0.25, -0.2) is 8.42 Å². The van der Waals surface area contributed by atoms with Crippen LogP contribution in [0.4, 0.5) is 0 Å². The van der Waals surface area contributed by atoms with Gasteiger partial charge in [0.1, 0.15) is 0 Å². The van der Waals surface area contributed by atoms with Crippen LogP contribution in [0.3, 0.4) is 0 Å². The van der Waals surface area contributed by atoms with Crippen LogP contribution < -0.4 is 0 Å². The minimum Gasteiger partial charge on any atom is -0.345 e. The van der Waals surface area contributed by atoms with Gasteiger partial charge < -0.3 is 4.90 Å². The number of sulfone groups is 1. The predicted octanol–water partition coefficient (Wildman–Crippen LogP) is 1.73. The van der Waals surface area contributed by atoms with Crippen LogP contribution in [0, 0.1) is 0 Å². The Labute approximate surface area is 136 Å². The highest BCUT2D eigenvalue weighted by atomic mass is 32.2. The lowest BCUT2D eigenvalue weighted by atomic mass is 10.1. The zero-order chi connectivity index (χ0) is 16.9. The monoisotopic (exact) mass is 332 g/mol. The third-order valence-electron chi connectivity index (χ3n) is 3.62. The molecule has 0 aliphatic carbocycles. The maximum absolute atomic E-state index is 12.3. The number of hydrogen-bond acceptors (Lipinski definition) is 4. The maximum Gasteiger partial charge on any atom is 0.226 e. The molecule has 5 nitrogen and oxygen atoms in total. The number of aromatic nitrogens is 1. The van der Waals surface area contributed by atoms with Crippen LogP contribution in [-0.4, -0.2) is 44.1 Å². The van der Waals surface area contributed by atoms with Crippen LogP contribution >= 0.6 is 0 Å².